The average molecular weight is 375 g/mol. The minimum Gasteiger partial charge on any atom is -0.459 e. The molecule has 0 atom stereocenters. The molecular weight excluding hydrogens is 365 g/mol. The third-order valence-corrected chi connectivity index (χ3v) is 4.61. The number of hydrogen-bond donors (Lipinski definition) is 0. The summed E-state index contributed by atoms with van der Waals surface area (Å²) >= 11 is 0. The molecule has 0 saturated heterocycles. The molecule has 0 radical (unpaired) electrons. The van der Waals surface area contributed by atoms with Gasteiger partial charge < -0.3 is 8.94 Å². The number of furan rings is 1. The smallest absolute Gasteiger partial charge is 0.293 e. The monoisotopic (exact) mass is 375 g/mol. The molecule has 0 aliphatic carbocycles. The maximum atomic E-state index is 13.9. The van der Waals surface area contributed by atoms with E-state index < -0.39 is 0 Å². The van der Waals surface area contributed by atoms with Crippen LogP contribution in [-0.4, -0.2) is 34.5 Å². The van der Waals surface area contributed by atoms with Gasteiger partial charge in [-0.1, -0.05) is 5.16 Å². The second kappa shape index (κ2) is 5.46. The molecule has 9 nitrogen and oxygen atoms in total. The summed E-state index contributed by atoms with van der Waals surface area (Å²) in [7, 11) is 0. The third kappa shape index (κ3) is 2.08. The lowest BCUT2D eigenvalue weighted by Gasteiger charge is -2.08. The van der Waals surface area contributed by atoms with Crippen LogP contribution in [0.3, 0.4) is 0 Å². The van der Waals surface area contributed by atoms with Crippen molar-refractivity contribution in [2.45, 2.75) is 6.54 Å². The minimum atomic E-state index is -0.349. The van der Waals surface area contributed by atoms with Crippen LogP contribution in [0.4, 0.5) is 4.39 Å². The van der Waals surface area contributed by atoms with Gasteiger partial charge in [-0.15, -0.1) is 0 Å². The summed E-state index contributed by atoms with van der Waals surface area (Å²) in [5, 5.41) is 8.31. The van der Waals surface area contributed by atoms with E-state index in [0.717, 1.165) is 11.4 Å². The molecule has 0 bridgehead atoms. The minimum absolute atomic E-state index is 0.263. The molecular formula is C18H10FN7O2. The molecule has 0 unspecified atom stereocenters. The summed E-state index contributed by atoms with van der Waals surface area (Å²) in [6.07, 6.45) is 4.63. The number of benzene rings is 1. The average Bonchev–Trinajstić information content (AvgIpc) is 3.48. The molecule has 136 valence electrons. The van der Waals surface area contributed by atoms with Crippen molar-refractivity contribution in [3.63, 3.8) is 0 Å². The molecule has 5 aromatic rings. The lowest BCUT2D eigenvalue weighted by Crippen LogP contribution is -2.05. The summed E-state index contributed by atoms with van der Waals surface area (Å²) in [5.41, 5.74) is 2.70. The first-order valence-electron chi connectivity index (χ1n) is 8.40. The molecule has 0 fully saturated rings. The van der Waals surface area contributed by atoms with E-state index in [1.54, 1.807) is 29.2 Å². The van der Waals surface area contributed by atoms with Crippen LogP contribution >= 0.6 is 0 Å². The molecule has 4 aromatic heterocycles. The largest absolute Gasteiger partial charge is 0.459 e. The fourth-order valence-corrected chi connectivity index (χ4v) is 3.37. The first-order valence-corrected chi connectivity index (χ1v) is 8.40. The van der Waals surface area contributed by atoms with Crippen LogP contribution in [0.2, 0.25) is 0 Å². The summed E-state index contributed by atoms with van der Waals surface area (Å²) in [4.78, 5) is 13.2. The Balaban J connectivity index is 1.55. The number of fused-ring (bicyclic) bond motifs is 5. The zero-order chi connectivity index (χ0) is 18.7. The van der Waals surface area contributed by atoms with E-state index in [2.05, 4.69) is 25.2 Å². The quantitative estimate of drug-likeness (QED) is 0.459. The predicted octanol–water partition coefficient (Wildman–Crippen LogP) is 2.94. The highest BCUT2D eigenvalue weighted by atomic mass is 19.1. The van der Waals surface area contributed by atoms with E-state index in [9.17, 15) is 4.39 Å². The Morgan fingerprint density at radius 2 is 2.11 bits per heavy atom. The number of rotatable bonds is 2. The first-order chi connectivity index (χ1) is 13.8. The highest BCUT2D eigenvalue weighted by Crippen LogP contribution is 2.34. The fourth-order valence-electron chi connectivity index (χ4n) is 3.37. The van der Waals surface area contributed by atoms with E-state index in [0.29, 0.717) is 35.2 Å². The van der Waals surface area contributed by atoms with Crippen LogP contribution in [0.5, 0.6) is 0 Å². The van der Waals surface area contributed by atoms with E-state index in [-0.39, 0.29) is 11.7 Å². The fraction of sp³-hybridized carbons (Fsp3) is 0.0556. The van der Waals surface area contributed by atoms with Gasteiger partial charge in [0.2, 0.25) is 5.82 Å². The van der Waals surface area contributed by atoms with Gasteiger partial charge in [-0.25, -0.2) is 19.0 Å². The maximum Gasteiger partial charge on any atom is 0.293 e. The van der Waals surface area contributed by atoms with Crippen molar-refractivity contribution >= 4 is 0 Å². The molecule has 6 rings (SSSR count). The van der Waals surface area contributed by atoms with Crippen LogP contribution in [-0.2, 0) is 6.54 Å². The summed E-state index contributed by atoms with van der Waals surface area (Å²) in [6.45, 7) is 0.367. The highest BCUT2D eigenvalue weighted by Gasteiger charge is 2.26. The zero-order valence-electron chi connectivity index (χ0n) is 14.2. The Labute approximate surface area is 156 Å². The SMILES string of the molecule is Fc1ccc2c(c1)-c1ncnn1Cc1c(-c3noc(-c4ccco4)n3)ncn1-2. The van der Waals surface area contributed by atoms with Crippen molar-refractivity contribution in [2.24, 2.45) is 0 Å². The first kappa shape index (κ1) is 15.0. The van der Waals surface area contributed by atoms with Crippen molar-refractivity contribution in [2.75, 3.05) is 0 Å². The molecule has 1 aliphatic rings. The highest BCUT2D eigenvalue weighted by molar-refractivity contribution is 5.71. The van der Waals surface area contributed by atoms with Crippen molar-refractivity contribution < 1.29 is 13.3 Å². The molecule has 0 saturated carbocycles. The van der Waals surface area contributed by atoms with Crippen molar-refractivity contribution in [1.82, 2.24) is 34.5 Å². The predicted molar refractivity (Wildman–Crippen MR) is 92.6 cm³/mol. The van der Waals surface area contributed by atoms with Crippen molar-refractivity contribution in [1.29, 1.82) is 0 Å². The number of halogens is 1. The molecule has 0 N–H and O–H groups in total. The molecule has 1 aromatic carbocycles. The van der Waals surface area contributed by atoms with Crippen molar-refractivity contribution in [3.05, 3.63) is 60.8 Å². The van der Waals surface area contributed by atoms with Gasteiger partial charge in [0.25, 0.3) is 5.89 Å². The van der Waals surface area contributed by atoms with Gasteiger partial charge in [-0.05, 0) is 30.3 Å². The van der Waals surface area contributed by atoms with Gasteiger partial charge in [0.15, 0.2) is 11.6 Å². The molecule has 28 heavy (non-hydrogen) atoms. The van der Waals surface area contributed by atoms with Gasteiger partial charge in [0, 0.05) is 5.56 Å². The molecule has 5 heterocycles. The van der Waals surface area contributed by atoms with Gasteiger partial charge >= 0.3 is 0 Å². The maximum absolute atomic E-state index is 13.9. The van der Waals surface area contributed by atoms with Gasteiger partial charge in [-0.2, -0.15) is 10.1 Å². The second-order valence-electron chi connectivity index (χ2n) is 6.21. The summed E-state index contributed by atoms with van der Waals surface area (Å²) in [6, 6.07) is 8.00. The Morgan fingerprint density at radius 1 is 1.14 bits per heavy atom. The van der Waals surface area contributed by atoms with E-state index in [1.165, 1.54) is 24.7 Å². The number of hydrogen-bond acceptors (Lipinski definition) is 7. The lowest BCUT2D eigenvalue weighted by atomic mass is 10.1. The Bertz CT molecular complexity index is 1320. The number of aromatic nitrogens is 7. The Morgan fingerprint density at radius 3 is 3.00 bits per heavy atom. The van der Waals surface area contributed by atoms with Gasteiger partial charge in [-0.3, -0.25) is 4.57 Å². The topological polar surface area (TPSA) is 101 Å². The molecule has 0 amide bonds. The van der Waals surface area contributed by atoms with Crippen LogP contribution in [0, 0.1) is 5.82 Å². The standard InChI is InChI=1S/C18H10FN7O2/c19-10-3-4-12-11(6-10)17-20-8-22-26(17)7-13-15(21-9-25(12)13)16-23-18(28-24-16)14-2-1-5-27-14/h1-6,8-9H,7H2. The summed E-state index contributed by atoms with van der Waals surface area (Å²) < 4.78 is 28.0. The molecule has 1 aliphatic heterocycles. The Hall–Kier alpha value is -4.08. The lowest BCUT2D eigenvalue weighted by molar-refractivity contribution is 0.416. The van der Waals surface area contributed by atoms with Gasteiger partial charge in [0.1, 0.15) is 24.2 Å². The third-order valence-electron chi connectivity index (χ3n) is 4.61. The van der Waals surface area contributed by atoms with Crippen LogP contribution in [0.15, 0.2) is 58.2 Å². The zero-order valence-corrected chi connectivity index (χ0v) is 14.2. The number of nitrogens with zero attached hydrogens (tertiary/aromatic N) is 7. The van der Waals surface area contributed by atoms with Crippen LogP contribution in [0.25, 0.3) is 40.2 Å². The van der Waals surface area contributed by atoms with E-state index in [4.69, 9.17) is 8.94 Å². The second-order valence-corrected chi connectivity index (χ2v) is 6.21. The van der Waals surface area contributed by atoms with Gasteiger partial charge in [0.05, 0.1) is 24.2 Å². The van der Waals surface area contributed by atoms with E-state index in [1.807, 2.05) is 4.57 Å². The Kier molecular flexibility index (Phi) is 2.93. The number of imidazole rings is 1. The van der Waals surface area contributed by atoms with Crippen molar-refractivity contribution in [3.8, 4) is 40.2 Å². The molecule has 10 heteroatoms. The summed E-state index contributed by atoms with van der Waals surface area (Å²) in [5.74, 6) is 1.29. The molecule has 0 spiro atoms. The normalized spacial score (nSPS) is 12.3. The van der Waals surface area contributed by atoms with Crippen LogP contribution in [0.1, 0.15) is 5.69 Å². The van der Waals surface area contributed by atoms with Crippen LogP contribution < -0.4 is 0 Å². The van der Waals surface area contributed by atoms with E-state index >= 15 is 0 Å².